The third-order valence-corrected chi connectivity index (χ3v) is 5.26. The van der Waals surface area contributed by atoms with Gasteiger partial charge in [0.15, 0.2) is 0 Å². The molecule has 1 atom stereocenters. The molecule has 1 saturated heterocycles. The van der Waals surface area contributed by atoms with Crippen LogP contribution in [0.25, 0.3) is 11.5 Å². The lowest BCUT2D eigenvalue weighted by Crippen LogP contribution is -2.41. The Labute approximate surface area is 155 Å². The van der Waals surface area contributed by atoms with Crippen LogP contribution in [0.3, 0.4) is 0 Å². The minimum Gasteiger partial charge on any atom is -0.342 e. The Balaban J connectivity index is 1.36. The van der Waals surface area contributed by atoms with Gasteiger partial charge in [0.05, 0.1) is 12.6 Å². The van der Waals surface area contributed by atoms with Gasteiger partial charge in [-0.3, -0.25) is 9.78 Å². The molecule has 7 nitrogen and oxygen atoms in total. The van der Waals surface area contributed by atoms with Crippen LogP contribution in [-0.4, -0.2) is 44.0 Å². The van der Waals surface area contributed by atoms with Crippen molar-refractivity contribution in [3.8, 4) is 11.5 Å². The first-order chi connectivity index (χ1) is 12.8. The minimum absolute atomic E-state index is 0.193. The van der Waals surface area contributed by atoms with Gasteiger partial charge in [-0.2, -0.15) is 16.3 Å². The third-order valence-electron chi connectivity index (χ3n) is 4.53. The highest BCUT2D eigenvalue weighted by molar-refractivity contribution is 7.08. The molecule has 8 heteroatoms. The zero-order valence-electron chi connectivity index (χ0n) is 14.2. The molecule has 1 aliphatic rings. The van der Waals surface area contributed by atoms with E-state index < -0.39 is 0 Å². The minimum atomic E-state index is 0.193. The third kappa shape index (κ3) is 3.96. The van der Waals surface area contributed by atoms with E-state index in [2.05, 4.69) is 20.1 Å². The summed E-state index contributed by atoms with van der Waals surface area (Å²) in [5, 5.41) is 8.03. The summed E-state index contributed by atoms with van der Waals surface area (Å²) in [7, 11) is 0. The highest BCUT2D eigenvalue weighted by Gasteiger charge is 2.25. The van der Waals surface area contributed by atoms with Crippen LogP contribution >= 0.6 is 11.3 Å². The fraction of sp³-hybridized carbons (Fsp3) is 0.389. The van der Waals surface area contributed by atoms with Gasteiger partial charge in [-0.1, -0.05) is 5.16 Å². The first kappa shape index (κ1) is 16.8. The average Bonchev–Trinajstić information content (AvgIpc) is 3.35. The zero-order chi connectivity index (χ0) is 17.8. The number of carbonyl (C=O) groups is 1. The number of rotatable bonds is 5. The second-order valence-electron chi connectivity index (χ2n) is 6.46. The number of amides is 1. The van der Waals surface area contributed by atoms with E-state index in [9.17, 15) is 4.79 Å². The molecular weight excluding hydrogens is 350 g/mol. The van der Waals surface area contributed by atoms with Crippen molar-refractivity contribution < 1.29 is 9.32 Å². The maximum Gasteiger partial charge on any atom is 0.227 e. The van der Waals surface area contributed by atoms with Gasteiger partial charge in [0, 0.05) is 31.9 Å². The zero-order valence-corrected chi connectivity index (χ0v) is 15.1. The van der Waals surface area contributed by atoms with Crippen molar-refractivity contribution in [1.82, 2.24) is 25.0 Å². The van der Waals surface area contributed by atoms with E-state index in [-0.39, 0.29) is 5.91 Å². The van der Waals surface area contributed by atoms with E-state index in [1.807, 2.05) is 21.7 Å². The molecule has 3 aromatic heterocycles. The number of nitrogens with zero attached hydrogens (tertiary/aromatic N) is 5. The Morgan fingerprint density at radius 1 is 1.38 bits per heavy atom. The molecule has 1 fully saturated rings. The lowest BCUT2D eigenvalue weighted by Gasteiger charge is -2.32. The van der Waals surface area contributed by atoms with Crippen LogP contribution in [-0.2, 0) is 17.6 Å². The van der Waals surface area contributed by atoms with Crippen LogP contribution in [0.15, 0.2) is 39.9 Å². The molecule has 4 heterocycles. The standard InChI is InChI=1S/C18H19N5O2S/c24-17(9-14-3-7-26-12-14)23-6-1-2-13(11-23)8-16-21-18(22-25-16)15-10-19-4-5-20-15/h3-5,7,10,12-13H,1-2,6,8-9,11H2. The van der Waals surface area contributed by atoms with Crippen molar-refractivity contribution in [2.75, 3.05) is 13.1 Å². The highest BCUT2D eigenvalue weighted by Crippen LogP contribution is 2.22. The van der Waals surface area contributed by atoms with E-state index in [4.69, 9.17) is 4.52 Å². The Kier molecular flexibility index (Phi) is 5.01. The number of piperidine rings is 1. The summed E-state index contributed by atoms with van der Waals surface area (Å²) in [6.07, 6.45) is 8.04. The normalized spacial score (nSPS) is 17.4. The fourth-order valence-corrected chi connectivity index (χ4v) is 3.91. The number of aromatic nitrogens is 4. The molecule has 0 aromatic carbocycles. The lowest BCUT2D eigenvalue weighted by atomic mass is 9.94. The smallest absolute Gasteiger partial charge is 0.227 e. The van der Waals surface area contributed by atoms with Crippen molar-refractivity contribution >= 4 is 17.2 Å². The first-order valence-electron chi connectivity index (χ1n) is 8.66. The molecule has 0 saturated carbocycles. The summed E-state index contributed by atoms with van der Waals surface area (Å²) in [5.74, 6) is 1.57. The van der Waals surface area contributed by atoms with Crippen LogP contribution in [0, 0.1) is 5.92 Å². The highest BCUT2D eigenvalue weighted by atomic mass is 32.1. The summed E-state index contributed by atoms with van der Waals surface area (Å²) >= 11 is 1.62. The summed E-state index contributed by atoms with van der Waals surface area (Å²) in [5.41, 5.74) is 1.69. The van der Waals surface area contributed by atoms with Crippen LogP contribution < -0.4 is 0 Å². The molecule has 3 aromatic rings. The molecule has 1 aliphatic heterocycles. The molecule has 26 heavy (non-hydrogen) atoms. The van der Waals surface area contributed by atoms with E-state index in [0.29, 0.717) is 36.2 Å². The van der Waals surface area contributed by atoms with Crippen LogP contribution in [0.2, 0.25) is 0 Å². The Hall–Kier alpha value is -2.61. The second kappa shape index (κ2) is 7.74. The van der Waals surface area contributed by atoms with E-state index in [0.717, 1.165) is 31.5 Å². The quantitative estimate of drug-likeness (QED) is 0.687. The van der Waals surface area contributed by atoms with E-state index >= 15 is 0 Å². The van der Waals surface area contributed by atoms with Crippen molar-refractivity contribution in [1.29, 1.82) is 0 Å². The maximum atomic E-state index is 12.5. The van der Waals surface area contributed by atoms with Gasteiger partial charge in [0.1, 0.15) is 5.69 Å². The predicted molar refractivity (Wildman–Crippen MR) is 96.4 cm³/mol. The molecule has 134 valence electrons. The summed E-state index contributed by atoms with van der Waals surface area (Å²) in [4.78, 5) is 27.1. The summed E-state index contributed by atoms with van der Waals surface area (Å²) in [6.45, 7) is 1.57. The summed E-state index contributed by atoms with van der Waals surface area (Å²) < 4.78 is 5.37. The van der Waals surface area contributed by atoms with E-state index in [1.54, 1.807) is 29.9 Å². The van der Waals surface area contributed by atoms with Gasteiger partial charge in [0.25, 0.3) is 0 Å². The van der Waals surface area contributed by atoms with Crippen LogP contribution in [0.4, 0.5) is 0 Å². The average molecular weight is 369 g/mol. The molecule has 0 spiro atoms. The number of hydrogen-bond acceptors (Lipinski definition) is 7. The molecule has 4 rings (SSSR count). The lowest BCUT2D eigenvalue weighted by molar-refractivity contribution is -0.132. The SMILES string of the molecule is O=C(Cc1ccsc1)N1CCCC(Cc2nc(-c3cnccn3)no2)C1. The molecular formula is C18H19N5O2S. The Morgan fingerprint density at radius 2 is 2.35 bits per heavy atom. The topological polar surface area (TPSA) is 85.0 Å². The largest absolute Gasteiger partial charge is 0.342 e. The predicted octanol–water partition coefficient (Wildman–Crippen LogP) is 2.61. The molecule has 0 aliphatic carbocycles. The molecule has 0 radical (unpaired) electrons. The first-order valence-corrected chi connectivity index (χ1v) is 9.60. The van der Waals surface area contributed by atoms with Crippen molar-refractivity contribution in [2.45, 2.75) is 25.7 Å². The fourth-order valence-electron chi connectivity index (χ4n) is 3.24. The molecule has 0 N–H and O–H groups in total. The number of thiophene rings is 1. The molecule has 1 unspecified atom stereocenters. The Bertz CT molecular complexity index is 850. The van der Waals surface area contributed by atoms with E-state index in [1.165, 1.54) is 0 Å². The number of carbonyl (C=O) groups excluding carboxylic acids is 1. The van der Waals surface area contributed by atoms with Gasteiger partial charge in [-0.25, -0.2) is 4.98 Å². The number of hydrogen-bond donors (Lipinski definition) is 0. The van der Waals surface area contributed by atoms with Crippen molar-refractivity contribution in [3.63, 3.8) is 0 Å². The summed E-state index contributed by atoms with van der Waals surface area (Å²) in [6, 6.07) is 2.01. The van der Waals surface area contributed by atoms with Gasteiger partial charge < -0.3 is 9.42 Å². The Morgan fingerprint density at radius 3 is 3.15 bits per heavy atom. The number of likely N-dealkylation sites (tertiary alicyclic amines) is 1. The molecule has 1 amide bonds. The maximum absolute atomic E-state index is 12.5. The molecule has 0 bridgehead atoms. The van der Waals surface area contributed by atoms with Gasteiger partial charge >= 0.3 is 0 Å². The van der Waals surface area contributed by atoms with Crippen molar-refractivity contribution in [3.05, 3.63) is 46.9 Å². The van der Waals surface area contributed by atoms with Gasteiger partial charge in [0.2, 0.25) is 17.6 Å². The monoisotopic (exact) mass is 369 g/mol. The van der Waals surface area contributed by atoms with Gasteiger partial charge in [-0.15, -0.1) is 0 Å². The van der Waals surface area contributed by atoms with Crippen molar-refractivity contribution in [2.24, 2.45) is 5.92 Å². The second-order valence-corrected chi connectivity index (χ2v) is 7.24. The van der Waals surface area contributed by atoms with Crippen LogP contribution in [0.5, 0.6) is 0 Å². The van der Waals surface area contributed by atoms with Crippen LogP contribution in [0.1, 0.15) is 24.3 Å². The van der Waals surface area contributed by atoms with Gasteiger partial charge in [-0.05, 0) is 41.1 Å².